The number of rotatable bonds is 3. The number of aromatic amines is 1. The minimum Gasteiger partial charge on any atom is -0.478 e. The average molecular weight is 280 g/mol. The predicted molar refractivity (Wildman–Crippen MR) is 78.6 cm³/mol. The predicted octanol–water partition coefficient (Wildman–Crippen LogP) is 2.21. The van der Waals surface area contributed by atoms with Crippen LogP contribution in [0.5, 0.6) is 0 Å². The van der Waals surface area contributed by atoms with Gasteiger partial charge in [-0.05, 0) is 29.8 Å². The Labute approximate surface area is 119 Å². The van der Waals surface area contributed by atoms with E-state index >= 15 is 0 Å². The maximum Gasteiger partial charge on any atom is 0.335 e. The number of aromatic carboxylic acids is 1. The molecule has 0 saturated carbocycles. The standard InChI is InChI=1S/C16H12N2O3/c19-15-14(17-12-3-1-2-4-13(12)18-15)9-10-5-7-11(8-6-10)16(20)21/h1-8H,9H2,(H,18,19)(H,20,21). The van der Waals surface area contributed by atoms with E-state index in [1.54, 1.807) is 18.2 Å². The van der Waals surface area contributed by atoms with E-state index in [1.807, 2.05) is 18.2 Å². The quantitative estimate of drug-likeness (QED) is 0.770. The van der Waals surface area contributed by atoms with E-state index in [-0.39, 0.29) is 11.1 Å². The number of para-hydroxylation sites is 2. The lowest BCUT2D eigenvalue weighted by Gasteiger charge is -2.03. The molecule has 104 valence electrons. The van der Waals surface area contributed by atoms with E-state index in [2.05, 4.69) is 9.97 Å². The molecule has 0 amide bonds. The number of nitrogens with one attached hydrogen (secondary N) is 1. The summed E-state index contributed by atoms with van der Waals surface area (Å²) in [5, 5.41) is 8.86. The smallest absolute Gasteiger partial charge is 0.335 e. The molecule has 5 heteroatoms. The van der Waals surface area contributed by atoms with E-state index in [9.17, 15) is 9.59 Å². The minimum atomic E-state index is -0.969. The maximum absolute atomic E-state index is 12.0. The van der Waals surface area contributed by atoms with Crippen molar-refractivity contribution in [2.45, 2.75) is 6.42 Å². The maximum atomic E-state index is 12.0. The van der Waals surface area contributed by atoms with Crippen molar-refractivity contribution in [2.24, 2.45) is 0 Å². The second-order valence-electron chi connectivity index (χ2n) is 4.71. The van der Waals surface area contributed by atoms with Crippen molar-refractivity contribution >= 4 is 17.0 Å². The van der Waals surface area contributed by atoms with Gasteiger partial charge in [0, 0.05) is 6.42 Å². The molecule has 0 spiro atoms. The van der Waals surface area contributed by atoms with Crippen LogP contribution in [0.2, 0.25) is 0 Å². The molecule has 0 aliphatic carbocycles. The lowest BCUT2D eigenvalue weighted by molar-refractivity contribution is 0.0697. The van der Waals surface area contributed by atoms with Crippen LogP contribution in [-0.2, 0) is 6.42 Å². The van der Waals surface area contributed by atoms with Crippen molar-refractivity contribution in [1.82, 2.24) is 9.97 Å². The SMILES string of the molecule is O=C(O)c1ccc(Cc2nc3ccccc3[nH]c2=O)cc1. The van der Waals surface area contributed by atoms with E-state index in [4.69, 9.17) is 5.11 Å². The van der Waals surface area contributed by atoms with Gasteiger partial charge in [0.1, 0.15) is 5.69 Å². The van der Waals surface area contributed by atoms with Gasteiger partial charge in [0.15, 0.2) is 0 Å². The van der Waals surface area contributed by atoms with Gasteiger partial charge in [-0.25, -0.2) is 9.78 Å². The number of H-pyrrole nitrogens is 1. The summed E-state index contributed by atoms with van der Waals surface area (Å²) in [6.45, 7) is 0. The Bertz CT molecular complexity index is 867. The zero-order valence-corrected chi connectivity index (χ0v) is 11.0. The van der Waals surface area contributed by atoms with E-state index < -0.39 is 5.97 Å². The van der Waals surface area contributed by atoms with Gasteiger partial charge in [0.05, 0.1) is 16.6 Å². The van der Waals surface area contributed by atoms with Crippen molar-refractivity contribution in [1.29, 1.82) is 0 Å². The second kappa shape index (κ2) is 5.20. The minimum absolute atomic E-state index is 0.221. The molecule has 3 aromatic rings. The molecule has 3 rings (SSSR count). The van der Waals surface area contributed by atoms with E-state index in [0.29, 0.717) is 17.6 Å². The number of carbonyl (C=O) groups is 1. The van der Waals surface area contributed by atoms with Gasteiger partial charge in [-0.1, -0.05) is 24.3 Å². The van der Waals surface area contributed by atoms with Crippen LogP contribution in [0.15, 0.2) is 53.3 Å². The topological polar surface area (TPSA) is 83.0 Å². The normalized spacial score (nSPS) is 10.7. The number of carboxylic acid groups (broad SMARTS) is 1. The van der Waals surface area contributed by atoms with Gasteiger partial charge in [0.2, 0.25) is 0 Å². The molecule has 21 heavy (non-hydrogen) atoms. The third-order valence-electron chi connectivity index (χ3n) is 3.24. The third-order valence-corrected chi connectivity index (χ3v) is 3.24. The van der Waals surface area contributed by atoms with Gasteiger partial charge in [-0.15, -0.1) is 0 Å². The number of nitrogens with zero attached hydrogens (tertiary/aromatic N) is 1. The van der Waals surface area contributed by atoms with Gasteiger partial charge < -0.3 is 10.1 Å². The highest BCUT2D eigenvalue weighted by molar-refractivity contribution is 5.87. The molecule has 1 aromatic heterocycles. The molecule has 0 atom stereocenters. The summed E-state index contributed by atoms with van der Waals surface area (Å²) < 4.78 is 0. The summed E-state index contributed by atoms with van der Waals surface area (Å²) in [4.78, 5) is 30.0. The lowest BCUT2D eigenvalue weighted by Crippen LogP contribution is -2.15. The highest BCUT2D eigenvalue weighted by Gasteiger charge is 2.07. The molecule has 2 N–H and O–H groups in total. The third kappa shape index (κ3) is 2.67. The number of hydrogen-bond acceptors (Lipinski definition) is 3. The van der Waals surface area contributed by atoms with Crippen molar-refractivity contribution in [3.63, 3.8) is 0 Å². The van der Waals surface area contributed by atoms with E-state index in [0.717, 1.165) is 11.1 Å². The van der Waals surface area contributed by atoms with Crippen LogP contribution in [0.3, 0.4) is 0 Å². The Morgan fingerprint density at radius 1 is 1.10 bits per heavy atom. The van der Waals surface area contributed by atoms with Crippen LogP contribution in [0.25, 0.3) is 11.0 Å². The van der Waals surface area contributed by atoms with Crippen molar-refractivity contribution in [3.8, 4) is 0 Å². The first-order chi connectivity index (χ1) is 10.1. The zero-order chi connectivity index (χ0) is 14.8. The van der Waals surface area contributed by atoms with Crippen LogP contribution >= 0.6 is 0 Å². The summed E-state index contributed by atoms with van der Waals surface area (Å²) in [6, 6.07) is 13.8. The van der Waals surface area contributed by atoms with Crippen LogP contribution in [0.1, 0.15) is 21.6 Å². The number of fused-ring (bicyclic) bond motifs is 1. The molecule has 0 unspecified atom stereocenters. The fraction of sp³-hybridized carbons (Fsp3) is 0.0625. The van der Waals surface area contributed by atoms with Crippen LogP contribution in [0, 0.1) is 0 Å². The van der Waals surface area contributed by atoms with Crippen LogP contribution < -0.4 is 5.56 Å². The first-order valence-corrected chi connectivity index (χ1v) is 6.43. The summed E-state index contributed by atoms with van der Waals surface area (Å²) in [5.74, 6) is -0.969. The molecule has 0 radical (unpaired) electrons. The molecule has 0 bridgehead atoms. The number of hydrogen-bond donors (Lipinski definition) is 2. The van der Waals surface area contributed by atoms with E-state index in [1.165, 1.54) is 12.1 Å². The lowest BCUT2D eigenvalue weighted by atomic mass is 10.1. The summed E-state index contributed by atoms with van der Waals surface area (Å²) in [7, 11) is 0. The Morgan fingerprint density at radius 3 is 2.52 bits per heavy atom. The van der Waals surface area contributed by atoms with Crippen molar-refractivity contribution in [2.75, 3.05) is 0 Å². The summed E-state index contributed by atoms with van der Waals surface area (Å²) >= 11 is 0. The van der Waals surface area contributed by atoms with Crippen molar-refractivity contribution < 1.29 is 9.90 Å². The Kier molecular flexibility index (Phi) is 3.23. The average Bonchev–Trinajstić information content (AvgIpc) is 2.48. The molecular formula is C16H12N2O3. The number of carboxylic acids is 1. The molecule has 1 heterocycles. The largest absolute Gasteiger partial charge is 0.478 e. The van der Waals surface area contributed by atoms with Crippen molar-refractivity contribution in [3.05, 3.63) is 75.7 Å². The molecule has 0 saturated heterocycles. The number of aromatic nitrogens is 2. The highest BCUT2D eigenvalue weighted by atomic mass is 16.4. The Hall–Kier alpha value is -2.95. The zero-order valence-electron chi connectivity index (χ0n) is 11.0. The molecule has 0 aliphatic heterocycles. The van der Waals surface area contributed by atoms with Crippen LogP contribution in [0.4, 0.5) is 0 Å². The first kappa shape index (κ1) is 13.1. The molecule has 0 fully saturated rings. The number of benzene rings is 2. The monoisotopic (exact) mass is 280 g/mol. The highest BCUT2D eigenvalue weighted by Crippen LogP contribution is 2.10. The molecular weight excluding hydrogens is 268 g/mol. The summed E-state index contributed by atoms with van der Waals surface area (Å²) in [6.07, 6.45) is 0.361. The fourth-order valence-corrected chi connectivity index (χ4v) is 2.15. The summed E-state index contributed by atoms with van der Waals surface area (Å²) in [5.41, 5.74) is 2.68. The van der Waals surface area contributed by atoms with Gasteiger partial charge in [-0.2, -0.15) is 0 Å². The van der Waals surface area contributed by atoms with Gasteiger partial charge in [-0.3, -0.25) is 4.79 Å². The first-order valence-electron chi connectivity index (χ1n) is 6.43. The molecule has 0 aliphatic rings. The molecule has 5 nitrogen and oxygen atoms in total. The van der Waals surface area contributed by atoms with Gasteiger partial charge in [0.25, 0.3) is 5.56 Å². The second-order valence-corrected chi connectivity index (χ2v) is 4.71. The molecule has 2 aromatic carbocycles. The van der Waals surface area contributed by atoms with Crippen LogP contribution in [-0.4, -0.2) is 21.0 Å². The van der Waals surface area contributed by atoms with Gasteiger partial charge >= 0.3 is 5.97 Å². The Morgan fingerprint density at radius 2 is 1.81 bits per heavy atom. The Balaban J connectivity index is 1.95. The fourth-order valence-electron chi connectivity index (χ4n) is 2.15.